The first-order chi connectivity index (χ1) is 10.4. The third-order valence-corrected chi connectivity index (χ3v) is 3.59. The van der Waals surface area contributed by atoms with Gasteiger partial charge in [0.2, 0.25) is 6.79 Å². The van der Waals surface area contributed by atoms with Gasteiger partial charge in [-0.2, -0.15) is 0 Å². The van der Waals surface area contributed by atoms with Crippen molar-refractivity contribution in [2.75, 3.05) is 13.3 Å². The predicted octanol–water partition coefficient (Wildman–Crippen LogP) is 2.24. The number of rotatable bonds is 6. The maximum absolute atomic E-state index is 9.01. The van der Waals surface area contributed by atoms with Gasteiger partial charge in [0.25, 0.3) is 0 Å². The number of para-hydroxylation sites is 1. The van der Waals surface area contributed by atoms with E-state index in [1.165, 1.54) is 5.56 Å². The molecule has 0 spiro atoms. The molecule has 0 saturated carbocycles. The Morgan fingerprint density at radius 2 is 1.81 bits per heavy atom. The second-order valence-electron chi connectivity index (χ2n) is 5.05. The van der Waals surface area contributed by atoms with Crippen molar-refractivity contribution in [2.24, 2.45) is 0 Å². The Hall–Kier alpha value is -2.04. The number of aliphatic hydroxyl groups excluding tert-OH is 1. The molecular formula is C17H19NO3. The number of fused-ring (bicyclic) bond motifs is 1. The highest BCUT2D eigenvalue weighted by Crippen LogP contribution is 2.35. The molecule has 2 aromatic rings. The average molecular weight is 285 g/mol. The molecule has 0 amide bonds. The molecule has 0 fully saturated rings. The molecule has 0 unspecified atom stereocenters. The molecule has 2 aromatic carbocycles. The maximum Gasteiger partial charge on any atom is 0.231 e. The van der Waals surface area contributed by atoms with E-state index in [4.69, 9.17) is 14.6 Å². The van der Waals surface area contributed by atoms with Gasteiger partial charge >= 0.3 is 0 Å². The van der Waals surface area contributed by atoms with Crippen LogP contribution in [0, 0.1) is 0 Å². The van der Waals surface area contributed by atoms with Crippen LogP contribution in [0.2, 0.25) is 0 Å². The fourth-order valence-corrected chi connectivity index (χ4v) is 2.40. The summed E-state index contributed by atoms with van der Waals surface area (Å²) in [4.78, 5) is 0. The average Bonchev–Trinajstić information content (AvgIpc) is 3.01. The summed E-state index contributed by atoms with van der Waals surface area (Å²) in [5.41, 5.74) is 3.34. The van der Waals surface area contributed by atoms with Gasteiger partial charge < -0.3 is 19.9 Å². The Balaban J connectivity index is 1.49. The maximum atomic E-state index is 9.01. The zero-order valence-corrected chi connectivity index (χ0v) is 11.8. The summed E-state index contributed by atoms with van der Waals surface area (Å²) in [6.07, 6.45) is 0.956. The van der Waals surface area contributed by atoms with E-state index in [0.717, 1.165) is 42.1 Å². The molecule has 0 bridgehead atoms. The molecule has 0 aromatic heterocycles. The summed E-state index contributed by atoms with van der Waals surface area (Å²) in [6, 6.07) is 14.0. The van der Waals surface area contributed by atoms with Gasteiger partial charge in [-0.15, -0.1) is 0 Å². The van der Waals surface area contributed by atoms with Gasteiger partial charge in [-0.3, -0.25) is 0 Å². The summed E-state index contributed by atoms with van der Waals surface area (Å²) in [6.45, 7) is 2.06. The third kappa shape index (κ3) is 3.35. The third-order valence-electron chi connectivity index (χ3n) is 3.59. The van der Waals surface area contributed by atoms with Crippen LogP contribution >= 0.6 is 0 Å². The monoisotopic (exact) mass is 285 g/mol. The fraction of sp³-hybridized carbons (Fsp3) is 0.294. The number of benzene rings is 2. The molecule has 0 aliphatic carbocycles. The number of hydrogen-bond donors (Lipinski definition) is 2. The van der Waals surface area contributed by atoms with E-state index in [1.807, 2.05) is 24.3 Å². The lowest BCUT2D eigenvalue weighted by atomic mass is 10.1. The van der Waals surface area contributed by atoms with E-state index in [2.05, 4.69) is 23.5 Å². The quantitative estimate of drug-likeness (QED) is 0.799. The Bertz CT molecular complexity index is 595. The van der Waals surface area contributed by atoms with Crippen LogP contribution in [-0.4, -0.2) is 18.4 Å². The SMILES string of the molecule is OCc1ccc(CCNCc2cccc3c2OCO3)cc1. The summed E-state index contributed by atoms with van der Waals surface area (Å²) in [7, 11) is 0. The highest BCUT2D eigenvalue weighted by atomic mass is 16.7. The van der Waals surface area contributed by atoms with Crippen molar-refractivity contribution < 1.29 is 14.6 Å². The summed E-state index contributed by atoms with van der Waals surface area (Å²) in [5.74, 6) is 1.69. The highest BCUT2D eigenvalue weighted by Gasteiger charge is 2.16. The van der Waals surface area contributed by atoms with Gasteiger partial charge in [0.05, 0.1) is 6.61 Å². The van der Waals surface area contributed by atoms with Crippen molar-refractivity contribution in [1.82, 2.24) is 5.32 Å². The second-order valence-corrected chi connectivity index (χ2v) is 5.05. The fourth-order valence-electron chi connectivity index (χ4n) is 2.40. The first kappa shape index (κ1) is 13.9. The van der Waals surface area contributed by atoms with E-state index in [0.29, 0.717) is 6.79 Å². The van der Waals surface area contributed by atoms with Crippen molar-refractivity contribution in [1.29, 1.82) is 0 Å². The zero-order valence-electron chi connectivity index (χ0n) is 11.8. The number of ether oxygens (including phenoxy) is 2. The minimum Gasteiger partial charge on any atom is -0.454 e. The lowest BCUT2D eigenvalue weighted by Crippen LogP contribution is -2.17. The van der Waals surface area contributed by atoms with Crippen LogP contribution < -0.4 is 14.8 Å². The van der Waals surface area contributed by atoms with E-state index in [1.54, 1.807) is 0 Å². The van der Waals surface area contributed by atoms with Gasteiger partial charge in [0.15, 0.2) is 11.5 Å². The molecule has 4 nitrogen and oxygen atoms in total. The molecule has 0 saturated heterocycles. The molecular weight excluding hydrogens is 266 g/mol. The standard InChI is InChI=1S/C17H19NO3/c19-11-14-6-4-13(5-7-14)8-9-18-10-15-2-1-3-16-17(15)21-12-20-16/h1-7,18-19H,8-12H2. The molecule has 0 atom stereocenters. The minimum absolute atomic E-state index is 0.0969. The lowest BCUT2D eigenvalue weighted by Gasteiger charge is -2.08. The van der Waals surface area contributed by atoms with E-state index < -0.39 is 0 Å². The molecule has 1 heterocycles. The van der Waals surface area contributed by atoms with Crippen LogP contribution in [0.4, 0.5) is 0 Å². The van der Waals surface area contributed by atoms with Gasteiger partial charge in [0, 0.05) is 12.1 Å². The molecule has 4 heteroatoms. The Morgan fingerprint density at radius 1 is 1.00 bits per heavy atom. The van der Waals surface area contributed by atoms with Crippen LogP contribution in [0.5, 0.6) is 11.5 Å². The Morgan fingerprint density at radius 3 is 2.62 bits per heavy atom. The van der Waals surface area contributed by atoms with Gasteiger partial charge in [-0.25, -0.2) is 0 Å². The van der Waals surface area contributed by atoms with Crippen molar-refractivity contribution in [3.05, 3.63) is 59.2 Å². The zero-order chi connectivity index (χ0) is 14.5. The van der Waals surface area contributed by atoms with Crippen molar-refractivity contribution in [2.45, 2.75) is 19.6 Å². The Labute approximate surface area is 124 Å². The predicted molar refractivity (Wildman–Crippen MR) is 80.3 cm³/mol. The first-order valence-electron chi connectivity index (χ1n) is 7.13. The van der Waals surface area contributed by atoms with Gasteiger partial charge in [0.1, 0.15) is 0 Å². The molecule has 110 valence electrons. The highest BCUT2D eigenvalue weighted by molar-refractivity contribution is 5.48. The molecule has 1 aliphatic rings. The van der Waals surface area contributed by atoms with E-state index in [-0.39, 0.29) is 6.61 Å². The minimum atomic E-state index is 0.0969. The van der Waals surface area contributed by atoms with Crippen molar-refractivity contribution >= 4 is 0 Å². The van der Waals surface area contributed by atoms with Gasteiger partial charge in [-0.05, 0) is 30.2 Å². The van der Waals surface area contributed by atoms with E-state index in [9.17, 15) is 0 Å². The molecule has 1 aliphatic heterocycles. The Kier molecular flexibility index (Phi) is 4.38. The molecule has 0 radical (unpaired) electrons. The van der Waals surface area contributed by atoms with Crippen LogP contribution in [-0.2, 0) is 19.6 Å². The number of hydrogen-bond acceptors (Lipinski definition) is 4. The normalized spacial score (nSPS) is 12.6. The van der Waals surface area contributed by atoms with Crippen LogP contribution in [0.25, 0.3) is 0 Å². The number of aliphatic hydroxyl groups is 1. The molecule has 2 N–H and O–H groups in total. The molecule has 3 rings (SSSR count). The van der Waals surface area contributed by atoms with Crippen LogP contribution in [0.3, 0.4) is 0 Å². The van der Waals surface area contributed by atoms with E-state index >= 15 is 0 Å². The summed E-state index contributed by atoms with van der Waals surface area (Å²) >= 11 is 0. The largest absolute Gasteiger partial charge is 0.454 e. The second kappa shape index (κ2) is 6.61. The molecule has 21 heavy (non-hydrogen) atoms. The lowest BCUT2D eigenvalue weighted by molar-refractivity contribution is 0.173. The van der Waals surface area contributed by atoms with Crippen LogP contribution in [0.1, 0.15) is 16.7 Å². The number of nitrogens with one attached hydrogen (secondary N) is 1. The topological polar surface area (TPSA) is 50.7 Å². The van der Waals surface area contributed by atoms with Crippen molar-refractivity contribution in [3.8, 4) is 11.5 Å². The smallest absolute Gasteiger partial charge is 0.231 e. The summed E-state index contributed by atoms with van der Waals surface area (Å²) in [5, 5.41) is 12.4. The van der Waals surface area contributed by atoms with Gasteiger partial charge in [-0.1, -0.05) is 36.4 Å². The van der Waals surface area contributed by atoms with Crippen molar-refractivity contribution in [3.63, 3.8) is 0 Å². The summed E-state index contributed by atoms with van der Waals surface area (Å²) < 4.78 is 10.9. The van der Waals surface area contributed by atoms with Crippen LogP contribution in [0.15, 0.2) is 42.5 Å². The first-order valence-corrected chi connectivity index (χ1v) is 7.13.